The van der Waals surface area contributed by atoms with Crippen molar-refractivity contribution in [1.29, 1.82) is 0 Å². The van der Waals surface area contributed by atoms with Gasteiger partial charge in [-0.2, -0.15) is 0 Å². The molecule has 0 saturated carbocycles. The fourth-order valence-electron chi connectivity index (χ4n) is 2.20. The lowest BCUT2D eigenvalue weighted by Crippen LogP contribution is -2.35. The Bertz CT molecular complexity index is 336. The molecule has 1 aromatic rings. The van der Waals surface area contributed by atoms with Crippen LogP contribution in [0.15, 0.2) is 5.38 Å². The van der Waals surface area contributed by atoms with Gasteiger partial charge in [0.25, 0.3) is 0 Å². The van der Waals surface area contributed by atoms with E-state index in [1.165, 1.54) is 10.7 Å². The van der Waals surface area contributed by atoms with Crippen LogP contribution in [0.2, 0.25) is 0 Å². The molecular weight excluding hydrogens is 206 g/mol. The summed E-state index contributed by atoms with van der Waals surface area (Å²) in [4.78, 5) is 4.60. The second kappa shape index (κ2) is 4.22. The molecule has 0 unspecified atom stereocenters. The Morgan fingerprint density at radius 1 is 1.67 bits per heavy atom. The topological polar surface area (TPSA) is 22.1 Å². The van der Waals surface area contributed by atoms with E-state index in [4.69, 9.17) is 4.74 Å². The largest absolute Gasteiger partial charge is 0.375 e. The second-order valence-corrected chi connectivity index (χ2v) is 5.70. The lowest BCUT2D eigenvalue weighted by atomic mass is 9.84. The summed E-state index contributed by atoms with van der Waals surface area (Å²) < 4.78 is 5.85. The monoisotopic (exact) mass is 225 g/mol. The van der Waals surface area contributed by atoms with Crippen molar-refractivity contribution in [3.05, 3.63) is 16.1 Å². The molecule has 2 heterocycles. The normalized spacial score (nSPS) is 31.8. The van der Waals surface area contributed by atoms with Gasteiger partial charge in [0.1, 0.15) is 0 Å². The highest BCUT2D eigenvalue weighted by molar-refractivity contribution is 7.09. The summed E-state index contributed by atoms with van der Waals surface area (Å²) in [6.45, 7) is 7.38. The first-order chi connectivity index (χ1) is 7.13. The van der Waals surface area contributed by atoms with Crippen LogP contribution in [0.1, 0.15) is 49.7 Å². The molecule has 3 heteroatoms. The predicted octanol–water partition coefficient (Wildman–Crippen LogP) is 3.51. The van der Waals surface area contributed by atoms with Gasteiger partial charge in [-0.25, -0.2) is 4.98 Å². The summed E-state index contributed by atoms with van der Waals surface area (Å²) in [6.07, 6.45) is 3.33. The minimum Gasteiger partial charge on any atom is -0.375 e. The predicted molar refractivity (Wildman–Crippen MR) is 63.5 cm³/mol. The average Bonchev–Trinajstić information content (AvgIpc) is 2.65. The maximum Gasteiger partial charge on any atom is 0.0897 e. The number of aryl methyl sites for hydroxylation is 1. The molecule has 0 aromatic carbocycles. The van der Waals surface area contributed by atoms with E-state index in [9.17, 15) is 0 Å². The first kappa shape index (κ1) is 11.1. The van der Waals surface area contributed by atoms with E-state index in [0.717, 1.165) is 25.9 Å². The van der Waals surface area contributed by atoms with Crippen molar-refractivity contribution in [1.82, 2.24) is 4.98 Å². The van der Waals surface area contributed by atoms with Crippen LogP contribution >= 0.6 is 11.3 Å². The molecule has 2 rings (SSSR count). The number of thiazole rings is 1. The third-order valence-electron chi connectivity index (χ3n) is 3.40. The number of rotatable bonds is 2. The van der Waals surface area contributed by atoms with Crippen molar-refractivity contribution in [2.24, 2.45) is 0 Å². The zero-order valence-corrected chi connectivity index (χ0v) is 10.6. The van der Waals surface area contributed by atoms with E-state index in [0.29, 0.717) is 5.92 Å². The van der Waals surface area contributed by atoms with Crippen LogP contribution < -0.4 is 0 Å². The third-order valence-corrected chi connectivity index (χ3v) is 4.19. The first-order valence-corrected chi connectivity index (χ1v) is 6.57. The Balaban J connectivity index is 2.11. The van der Waals surface area contributed by atoms with Gasteiger partial charge in [0.05, 0.1) is 16.3 Å². The minimum atomic E-state index is 0.0699. The third kappa shape index (κ3) is 2.40. The van der Waals surface area contributed by atoms with Crippen molar-refractivity contribution < 1.29 is 4.74 Å². The molecule has 0 N–H and O–H groups in total. The molecular formula is C12H19NOS. The van der Waals surface area contributed by atoms with Crippen molar-refractivity contribution >= 4 is 11.3 Å². The molecule has 1 aliphatic heterocycles. The highest BCUT2D eigenvalue weighted by atomic mass is 32.1. The summed E-state index contributed by atoms with van der Waals surface area (Å²) in [5.41, 5.74) is 1.35. The second-order valence-electron chi connectivity index (χ2n) is 4.63. The Morgan fingerprint density at radius 2 is 2.47 bits per heavy atom. The van der Waals surface area contributed by atoms with Crippen LogP contribution in [0.4, 0.5) is 0 Å². The van der Waals surface area contributed by atoms with E-state index in [1.807, 2.05) is 0 Å². The Morgan fingerprint density at radius 3 is 3.07 bits per heavy atom. The first-order valence-electron chi connectivity index (χ1n) is 5.69. The standard InChI is InChI=1S/C12H19NOS/c1-4-12(3)7-10(5-6-14-12)11-8-15-9(2)13-11/h8,10H,4-7H2,1-3H3/t10-,12+/m1/s1. The zero-order chi connectivity index (χ0) is 10.9. The van der Waals surface area contributed by atoms with Gasteiger partial charge in [-0.05, 0) is 33.1 Å². The molecule has 2 atom stereocenters. The molecule has 1 aromatic heterocycles. The fourth-order valence-corrected chi connectivity index (χ4v) is 2.89. The van der Waals surface area contributed by atoms with Gasteiger partial charge in [0.2, 0.25) is 0 Å². The van der Waals surface area contributed by atoms with Crippen molar-refractivity contribution in [2.45, 2.75) is 51.6 Å². The summed E-state index contributed by atoms with van der Waals surface area (Å²) in [6, 6.07) is 0. The quantitative estimate of drug-likeness (QED) is 0.768. The number of hydrogen-bond donors (Lipinski definition) is 0. The van der Waals surface area contributed by atoms with Gasteiger partial charge in [-0.1, -0.05) is 6.92 Å². The summed E-state index contributed by atoms with van der Waals surface area (Å²) >= 11 is 1.75. The van der Waals surface area contributed by atoms with Crippen LogP contribution in [-0.4, -0.2) is 17.2 Å². The van der Waals surface area contributed by atoms with Crippen molar-refractivity contribution in [3.63, 3.8) is 0 Å². The lowest BCUT2D eigenvalue weighted by molar-refractivity contribution is -0.0750. The van der Waals surface area contributed by atoms with Gasteiger partial charge < -0.3 is 4.74 Å². The smallest absolute Gasteiger partial charge is 0.0897 e. The fraction of sp³-hybridized carbons (Fsp3) is 0.750. The average molecular weight is 225 g/mol. The van der Waals surface area contributed by atoms with E-state index in [-0.39, 0.29) is 5.60 Å². The molecule has 0 spiro atoms. The molecule has 0 aliphatic carbocycles. The molecule has 0 bridgehead atoms. The number of nitrogens with zero attached hydrogens (tertiary/aromatic N) is 1. The van der Waals surface area contributed by atoms with Crippen LogP contribution in [0.25, 0.3) is 0 Å². The van der Waals surface area contributed by atoms with Gasteiger partial charge in [-0.15, -0.1) is 11.3 Å². The van der Waals surface area contributed by atoms with Crippen molar-refractivity contribution in [3.8, 4) is 0 Å². The highest BCUT2D eigenvalue weighted by Crippen LogP contribution is 2.37. The number of hydrogen-bond acceptors (Lipinski definition) is 3. The van der Waals surface area contributed by atoms with Gasteiger partial charge >= 0.3 is 0 Å². The number of ether oxygens (including phenoxy) is 1. The maximum atomic E-state index is 5.85. The van der Waals surface area contributed by atoms with Crippen molar-refractivity contribution in [2.75, 3.05) is 6.61 Å². The minimum absolute atomic E-state index is 0.0699. The molecule has 84 valence electrons. The van der Waals surface area contributed by atoms with Gasteiger partial charge in [0.15, 0.2) is 0 Å². The SMILES string of the molecule is CC[C@@]1(C)C[C@H](c2csc(C)n2)CCO1. The molecule has 0 amide bonds. The van der Waals surface area contributed by atoms with Gasteiger partial charge in [-0.3, -0.25) is 0 Å². The van der Waals surface area contributed by atoms with Gasteiger partial charge in [0, 0.05) is 17.9 Å². The van der Waals surface area contributed by atoms with Crippen LogP contribution in [0.5, 0.6) is 0 Å². The summed E-state index contributed by atoms with van der Waals surface area (Å²) in [5.74, 6) is 0.605. The molecule has 0 radical (unpaired) electrons. The number of aromatic nitrogens is 1. The Hall–Kier alpha value is -0.410. The van der Waals surface area contributed by atoms with Crippen LogP contribution in [-0.2, 0) is 4.74 Å². The maximum absolute atomic E-state index is 5.85. The molecule has 15 heavy (non-hydrogen) atoms. The molecule has 1 aliphatic rings. The van der Waals surface area contributed by atoms with Crippen LogP contribution in [0.3, 0.4) is 0 Å². The van der Waals surface area contributed by atoms with E-state index in [1.54, 1.807) is 11.3 Å². The lowest BCUT2D eigenvalue weighted by Gasteiger charge is -2.37. The van der Waals surface area contributed by atoms with E-state index in [2.05, 4.69) is 31.1 Å². The van der Waals surface area contributed by atoms with E-state index < -0.39 is 0 Å². The molecule has 1 fully saturated rings. The van der Waals surface area contributed by atoms with Crippen LogP contribution in [0, 0.1) is 6.92 Å². The molecule has 1 saturated heterocycles. The Labute approximate surface area is 95.7 Å². The highest BCUT2D eigenvalue weighted by Gasteiger charge is 2.33. The zero-order valence-electron chi connectivity index (χ0n) is 9.75. The van der Waals surface area contributed by atoms with E-state index >= 15 is 0 Å². The molecule has 2 nitrogen and oxygen atoms in total. The summed E-state index contributed by atoms with van der Waals surface area (Å²) in [7, 11) is 0. The summed E-state index contributed by atoms with van der Waals surface area (Å²) in [5, 5.41) is 3.39. The Kier molecular flexibility index (Phi) is 3.12.